The maximum absolute atomic E-state index is 13.0. The van der Waals surface area contributed by atoms with E-state index < -0.39 is 0 Å². The average Bonchev–Trinajstić information content (AvgIpc) is 3.18. The number of rotatable bonds is 5. The standard InChI is InChI=1S/C16H22N2O/c1-2-10-18(14-11-17-12-14)15(19)16(8-9-16)13-6-4-3-5-7-13/h3-7,14,17H,2,8-12H2,1H3. The molecule has 3 heteroatoms. The molecule has 0 unspecified atom stereocenters. The number of amides is 1. The van der Waals surface area contributed by atoms with E-state index in [-0.39, 0.29) is 5.41 Å². The van der Waals surface area contributed by atoms with Gasteiger partial charge in [-0.1, -0.05) is 37.3 Å². The lowest BCUT2D eigenvalue weighted by Gasteiger charge is -2.40. The molecular weight excluding hydrogens is 236 g/mol. The van der Waals surface area contributed by atoms with Gasteiger partial charge in [-0.2, -0.15) is 0 Å². The van der Waals surface area contributed by atoms with Crippen molar-refractivity contribution in [2.75, 3.05) is 19.6 Å². The molecule has 2 aliphatic rings. The number of nitrogens with one attached hydrogen (secondary N) is 1. The first kappa shape index (κ1) is 12.7. The van der Waals surface area contributed by atoms with Crippen molar-refractivity contribution in [1.82, 2.24) is 10.2 Å². The number of carbonyl (C=O) groups excluding carboxylic acids is 1. The second-order valence-corrected chi connectivity index (χ2v) is 5.76. The highest BCUT2D eigenvalue weighted by Crippen LogP contribution is 2.49. The molecule has 1 amide bonds. The van der Waals surface area contributed by atoms with Crippen molar-refractivity contribution in [3.05, 3.63) is 35.9 Å². The molecule has 0 bridgehead atoms. The topological polar surface area (TPSA) is 32.3 Å². The summed E-state index contributed by atoms with van der Waals surface area (Å²) in [4.78, 5) is 15.1. The van der Waals surface area contributed by atoms with Crippen LogP contribution in [-0.4, -0.2) is 36.5 Å². The Kier molecular flexibility index (Phi) is 3.31. The molecule has 1 aromatic rings. The third kappa shape index (κ3) is 2.16. The quantitative estimate of drug-likeness (QED) is 0.875. The molecule has 0 spiro atoms. The summed E-state index contributed by atoms with van der Waals surface area (Å²) >= 11 is 0. The summed E-state index contributed by atoms with van der Waals surface area (Å²) in [5.41, 5.74) is 1.000. The number of benzene rings is 1. The predicted molar refractivity (Wildman–Crippen MR) is 76.0 cm³/mol. The Bertz CT molecular complexity index is 449. The van der Waals surface area contributed by atoms with Crippen LogP contribution in [0.3, 0.4) is 0 Å². The molecule has 19 heavy (non-hydrogen) atoms. The predicted octanol–water partition coefficient (Wildman–Crippen LogP) is 1.93. The summed E-state index contributed by atoms with van der Waals surface area (Å²) in [6.45, 7) is 4.95. The molecule has 1 saturated carbocycles. The molecule has 1 heterocycles. The molecule has 2 fully saturated rings. The van der Waals surface area contributed by atoms with Crippen LogP contribution in [0.2, 0.25) is 0 Å². The molecule has 1 saturated heterocycles. The normalized spacial score (nSPS) is 20.7. The Morgan fingerprint density at radius 2 is 2.00 bits per heavy atom. The maximum atomic E-state index is 13.0. The minimum Gasteiger partial charge on any atom is -0.336 e. The molecule has 1 aliphatic carbocycles. The van der Waals surface area contributed by atoms with Gasteiger partial charge in [0.25, 0.3) is 0 Å². The zero-order valence-corrected chi connectivity index (χ0v) is 11.6. The van der Waals surface area contributed by atoms with Gasteiger partial charge in [0, 0.05) is 19.6 Å². The van der Waals surface area contributed by atoms with Gasteiger partial charge in [0.2, 0.25) is 5.91 Å². The Balaban J connectivity index is 1.81. The number of nitrogens with zero attached hydrogens (tertiary/aromatic N) is 1. The van der Waals surface area contributed by atoms with E-state index in [0.29, 0.717) is 11.9 Å². The first-order valence-electron chi connectivity index (χ1n) is 7.35. The van der Waals surface area contributed by atoms with Crippen LogP contribution in [0.4, 0.5) is 0 Å². The largest absolute Gasteiger partial charge is 0.336 e. The van der Waals surface area contributed by atoms with E-state index >= 15 is 0 Å². The maximum Gasteiger partial charge on any atom is 0.233 e. The van der Waals surface area contributed by atoms with E-state index in [1.807, 2.05) is 18.2 Å². The van der Waals surface area contributed by atoms with Gasteiger partial charge < -0.3 is 10.2 Å². The van der Waals surface area contributed by atoms with Crippen LogP contribution in [0.5, 0.6) is 0 Å². The smallest absolute Gasteiger partial charge is 0.233 e. The highest BCUT2D eigenvalue weighted by molar-refractivity contribution is 5.91. The lowest BCUT2D eigenvalue weighted by molar-refractivity contribution is -0.137. The summed E-state index contributed by atoms with van der Waals surface area (Å²) in [7, 11) is 0. The monoisotopic (exact) mass is 258 g/mol. The SMILES string of the molecule is CCCN(C(=O)C1(c2ccccc2)CC1)C1CNC1. The fourth-order valence-corrected chi connectivity index (χ4v) is 2.97. The van der Waals surface area contributed by atoms with Crippen molar-refractivity contribution < 1.29 is 4.79 Å². The van der Waals surface area contributed by atoms with Crippen LogP contribution in [0.1, 0.15) is 31.7 Å². The number of carbonyl (C=O) groups is 1. The van der Waals surface area contributed by atoms with Gasteiger partial charge in [0.1, 0.15) is 0 Å². The Hall–Kier alpha value is -1.35. The molecule has 3 rings (SSSR count). The van der Waals surface area contributed by atoms with E-state index in [0.717, 1.165) is 38.9 Å². The third-order valence-electron chi connectivity index (χ3n) is 4.41. The Labute approximate surface area is 115 Å². The molecule has 1 aromatic carbocycles. The van der Waals surface area contributed by atoms with E-state index in [4.69, 9.17) is 0 Å². The minimum absolute atomic E-state index is 0.202. The average molecular weight is 258 g/mol. The summed E-state index contributed by atoms with van der Waals surface area (Å²) in [6, 6.07) is 10.7. The van der Waals surface area contributed by atoms with Crippen LogP contribution in [-0.2, 0) is 10.2 Å². The molecule has 3 nitrogen and oxygen atoms in total. The molecule has 1 aliphatic heterocycles. The molecule has 0 aromatic heterocycles. The second kappa shape index (κ2) is 4.97. The van der Waals surface area contributed by atoms with Crippen molar-refractivity contribution >= 4 is 5.91 Å². The van der Waals surface area contributed by atoms with Crippen LogP contribution in [0, 0.1) is 0 Å². The number of hydrogen-bond acceptors (Lipinski definition) is 2. The zero-order valence-electron chi connectivity index (χ0n) is 11.6. The van der Waals surface area contributed by atoms with E-state index in [2.05, 4.69) is 29.3 Å². The summed E-state index contributed by atoms with van der Waals surface area (Å²) < 4.78 is 0. The Morgan fingerprint density at radius 3 is 2.47 bits per heavy atom. The van der Waals surface area contributed by atoms with Gasteiger partial charge in [-0.15, -0.1) is 0 Å². The van der Waals surface area contributed by atoms with Crippen molar-refractivity contribution in [2.45, 2.75) is 37.6 Å². The summed E-state index contributed by atoms with van der Waals surface area (Å²) in [5.74, 6) is 0.354. The van der Waals surface area contributed by atoms with Gasteiger partial charge in [0.15, 0.2) is 0 Å². The lowest BCUT2D eigenvalue weighted by Crippen LogP contribution is -2.60. The highest BCUT2D eigenvalue weighted by Gasteiger charge is 2.53. The number of hydrogen-bond donors (Lipinski definition) is 1. The van der Waals surface area contributed by atoms with Gasteiger partial charge in [0.05, 0.1) is 11.5 Å². The minimum atomic E-state index is -0.202. The van der Waals surface area contributed by atoms with Crippen LogP contribution >= 0.6 is 0 Å². The van der Waals surface area contributed by atoms with E-state index in [9.17, 15) is 4.79 Å². The zero-order chi connectivity index (χ0) is 13.3. The van der Waals surface area contributed by atoms with E-state index in [1.54, 1.807) is 0 Å². The molecule has 0 atom stereocenters. The van der Waals surface area contributed by atoms with Gasteiger partial charge >= 0.3 is 0 Å². The molecule has 102 valence electrons. The van der Waals surface area contributed by atoms with Gasteiger partial charge in [-0.05, 0) is 24.8 Å². The summed E-state index contributed by atoms with van der Waals surface area (Å²) in [5, 5.41) is 3.27. The van der Waals surface area contributed by atoms with Gasteiger partial charge in [-0.3, -0.25) is 4.79 Å². The van der Waals surface area contributed by atoms with Crippen LogP contribution in [0.15, 0.2) is 30.3 Å². The Morgan fingerprint density at radius 1 is 1.32 bits per heavy atom. The molecule has 1 N–H and O–H groups in total. The van der Waals surface area contributed by atoms with E-state index in [1.165, 1.54) is 5.56 Å². The third-order valence-corrected chi connectivity index (χ3v) is 4.41. The van der Waals surface area contributed by atoms with Gasteiger partial charge in [-0.25, -0.2) is 0 Å². The first-order chi connectivity index (χ1) is 9.28. The van der Waals surface area contributed by atoms with Crippen molar-refractivity contribution in [2.24, 2.45) is 0 Å². The fraction of sp³-hybridized carbons (Fsp3) is 0.562. The van der Waals surface area contributed by atoms with Crippen molar-refractivity contribution in [3.63, 3.8) is 0 Å². The fourth-order valence-electron chi connectivity index (χ4n) is 2.97. The second-order valence-electron chi connectivity index (χ2n) is 5.76. The first-order valence-corrected chi connectivity index (χ1v) is 7.35. The van der Waals surface area contributed by atoms with Crippen molar-refractivity contribution in [1.29, 1.82) is 0 Å². The molecular formula is C16H22N2O. The van der Waals surface area contributed by atoms with Crippen molar-refractivity contribution in [3.8, 4) is 0 Å². The summed E-state index contributed by atoms with van der Waals surface area (Å²) in [6.07, 6.45) is 3.06. The van der Waals surface area contributed by atoms with Crippen LogP contribution < -0.4 is 5.32 Å². The van der Waals surface area contributed by atoms with Crippen LogP contribution in [0.25, 0.3) is 0 Å². The lowest BCUT2D eigenvalue weighted by atomic mass is 9.93. The molecule has 0 radical (unpaired) electrons. The highest BCUT2D eigenvalue weighted by atomic mass is 16.2.